The Labute approximate surface area is 105 Å². The number of ketones is 1. The number of benzene rings is 1. The van der Waals surface area contributed by atoms with E-state index in [0.29, 0.717) is 0 Å². The summed E-state index contributed by atoms with van der Waals surface area (Å²) in [5.74, 6) is 0.425. The summed E-state index contributed by atoms with van der Waals surface area (Å²) in [6.45, 7) is 4.26. The first kappa shape index (κ1) is 14.0. The maximum atomic E-state index is 12.1. The molecule has 0 saturated heterocycles. The van der Waals surface area contributed by atoms with Crippen molar-refractivity contribution >= 4 is 5.78 Å². The summed E-state index contributed by atoms with van der Waals surface area (Å²) in [6.07, 6.45) is 7.34. The lowest BCUT2D eigenvalue weighted by Crippen LogP contribution is -2.11. The molecule has 0 aliphatic carbocycles. The Morgan fingerprint density at radius 1 is 1.18 bits per heavy atom. The molecule has 0 aliphatic rings. The monoisotopic (exact) mass is 231 g/mol. The SMILES string of the molecule is CCCCCCCC(C)C(=O)c1cc[c]cc1. The van der Waals surface area contributed by atoms with Gasteiger partial charge in [0.25, 0.3) is 0 Å². The lowest BCUT2D eigenvalue weighted by atomic mass is 9.94. The summed E-state index contributed by atoms with van der Waals surface area (Å²) in [7, 11) is 0. The number of unbranched alkanes of at least 4 members (excludes halogenated alkanes) is 4. The average Bonchev–Trinajstić information content (AvgIpc) is 2.38. The number of rotatable bonds is 8. The quantitative estimate of drug-likeness (QED) is 0.469. The molecule has 1 atom stereocenters. The second-order valence-corrected chi connectivity index (χ2v) is 4.76. The number of carbonyl (C=O) groups excluding carboxylic acids is 1. The normalized spacial score (nSPS) is 12.4. The van der Waals surface area contributed by atoms with E-state index in [1.165, 1.54) is 32.1 Å². The number of hydrogen-bond acceptors (Lipinski definition) is 1. The lowest BCUT2D eigenvalue weighted by Gasteiger charge is -2.10. The van der Waals surface area contributed by atoms with Crippen LogP contribution >= 0.6 is 0 Å². The van der Waals surface area contributed by atoms with E-state index in [1.54, 1.807) is 12.1 Å². The van der Waals surface area contributed by atoms with Gasteiger partial charge in [0.1, 0.15) is 0 Å². The minimum atomic E-state index is 0.152. The molecule has 17 heavy (non-hydrogen) atoms. The van der Waals surface area contributed by atoms with Crippen molar-refractivity contribution < 1.29 is 4.79 Å². The van der Waals surface area contributed by atoms with Crippen LogP contribution < -0.4 is 0 Å². The third kappa shape index (κ3) is 5.16. The average molecular weight is 231 g/mol. The van der Waals surface area contributed by atoms with Crippen molar-refractivity contribution in [3.8, 4) is 0 Å². The molecule has 1 radical (unpaired) electrons. The molecule has 1 nitrogen and oxygen atoms in total. The van der Waals surface area contributed by atoms with Crippen molar-refractivity contribution in [3.63, 3.8) is 0 Å². The molecule has 0 aromatic heterocycles. The summed E-state index contributed by atoms with van der Waals surface area (Å²) in [6, 6.07) is 10.3. The molecule has 1 unspecified atom stereocenters. The predicted octanol–water partition coefficient (Wildman–Crippen LogP) is 4.67. The largest absolute Gasteiger partial charge is 0.294 e. The van der Waals surface area contributed by atoms with Gasteiger partial charge in [0.15, 0.2) is 5.78 Å². The van der Waals surface area contributed by atoms with Gasteiger partial charge in [-0.3, -0.25) is 4.79 Å². The van der Waals surface area contributed by atoms with E-state index in [4.69, 9.17) is 0 Å². The number of hydrogen-bond donors (Lipinski definition) is 0. The smallest absolute Gasteiger partial charge is 0.165 e. The summed E-state index contributed by atoms with van der Waals surface area (Å²) >= 11 is 0. The number of Topliss-reactive ketones (excluding diaryl/α,β-unsaturated/α-hetero) is 1. The van der Waals surface area contributed by atoms with Gasteiger partial charge in [-0.15, -0.1) is 0 Å². The maximum absolute atomic E-state index is 12.1. The molecule has 0 N–H and O–H groups in total. The Balaban J connectivity index is 2.28. The van der Waals surface area contributed by atoms with E-state index in [0.717, 1.165) is 12.0 Å². The van der Waals surface area contributed by atoms with Gasteiger partial charge in [0.05, 0.1) is 0 Å². The van der Waals surface area contributed by atoms with Crippen molar-refractivity contribution in [1.82, 2.24) is 0 Å². The van der Waals surface area contributed by atoms with Crippen LogP contribution in [0.1, 0.15) is 62.7 Å². The third-order valence-corrected chi connectivity index (χ3v) is 3.19. The van der Waals surface area contributed by atoms with Crippen molar-refractivity contribution in [3.05, 3.63) is 35.9 Å². The molecule has 0 amide bonds. The fraction of sp³-hybridized carbons (Fsp3) is 0.562. The molecule has 0 fully saturated rings. The van der Waals surface area contributed by atoms with E-state index < -0.39 is 0 Å². The molecule has 0 heterocycles. The molecule has 1 rings (SSSR count). The van der Waals surface area contributed by atoms with Crippen molar-refractivity contribution in [1.29, 1.82) is 0 Å². The fourth-order valence-electron chi connectivity index (χ4n) is 2.02. The zero-order valence-corrected chi connectivity index (χ0v) is 11.0. The van der Waals surface area contributed by atoms with Crippen LogP contribution in [0.4, 0.5) is 0 Å². The van der Waals surface area contributed by atoms with Gasteiger partial charge in [-0.1, -0.05) is 70.2 Å². The Kier molecular flexibility index (Phi) is 6.61. The highest BCUT2D eigenvalue weighted by molar-refractivity contribution is 5.97. The van der Waals surface area contributed by atoms with Gasteiger partial charge in [-0.2, -0.15) is 0 Å². The second-order valence-electron chi connectivity index (χ2n) is 4.76. The first-order valence-electron chi connectivity index (χ1n) is 6.76. The molecule has 0 aliphatic heterocycles. The standard InChI is InChI=1S/C16H23O/c1-3-4-5-6-8-11-14(2)16(17)15-12-9-7-10-13-15/h9-10,12-14H,3-6,8,11H2,1-2H3. The summed E-state index contributed by atoms with van der Waals surface area (Å²) < 4.78 is 0. The van der Waals surface area contributed by atoms with Gasteiger partial charge in [-0.25, -0.2) is 0 Å². The molecular formula is C16H23O. The highest BCUT2D eigenvalue weighted by atomic mass is 16.1. The van der Waals surface area contributed by atoms with E-state index in [1.807, 2.05) is 19.1 Å². The molecule has 1 heteroatoms. The van der Waals surface area contributed by atoms with Gasteiger partial charge in [-0.05, 0) is 12.5 Å². The van der Waals surface area contributed by atoms with Gasteiger partial charge < -0.3 is 0 Å². The Bertz CT molecular complexity index is 316. The minimum Gasteiger partial charge on any atom is -0.294 e. The summed E-state index contributed by atoms with van der Waals surface area (Å²) in [4.78, 5) is 12.1. The van der Waals surface area contributed by atoms with Crippen LogP contribution in [0.5, 0.6) is 0 Å². The van der Waals surface area contributed by atoms with Crippen LogP contribution in [0.3, 0.4) is 0 Å². The minimum absolute atomic E-state index is 0.152. The summed E-state index contributed by atoms with van der Waals surface area (Å²) in [5, 5.41) is 0. The van der Waals surface area contributed by atoms with E-state index in [-0.39, 0.29) is 11.7 Å². The maximum Gasteiger partial charge on any atom is 0.165 e. The molecule has 93 valence electrons. The van der Waals surface area contributed by atoms with Crippen LogP contribution in [0.25, 0.3) is 0 Å². The van der Waals surface area contributed by atoms with Crippen LogP contribution in [-0.4, -0.2) is 5.78 Å². The topological polar surface area (TPSA) is 17.1 Å². The molecular weight excluding hydrogens is 208 g/mol. The first-order chi connectivity index (χ1) is 8.25. The first-order valence-corrected chi connectivity index (χ1v) is 6.76. The molecule has 1 aromatic rings. The van der Waals surface area contributed by atoms with Crippen LogP contribution in [0, 0.1) is 12.0 Å². The van der Waals surface area contributed by atoms with E-state index >= 15 is 0 Å². The molecule has 1 aromatic carbocycles. The van der Waals surface area contributed by atoms with Crippen LogP contribution in [0.2, 0.25) is 0 Å². The third-order valence-electron chi connectivity index (χ3n) is 3.19. The highest BCUT2D eigenvalue weighted by Crippen LogP contribution is 2.16. The van der Waals surface area contributed by atoms with Gasteiger partial charge >= 0.3 is 0 Å². The Hall–Kier alpha value is -1.11. The second kappa shape index (κ2) is 8.05. The van der Waals surface area contributed by atoms with Gasteiger partial charge in [0.2, 0.25) is 0 Å². The zero-order valence-electron chi connectivity index (χ0n) is 11.0. The molecule has 0 bridgehead atoms. The predicted molar refractivity (Wildman–Crippen MR) is 72.1 cm³/mol. The van der Waals surface area contributed by atoms with Crippen molar-refractivity contribution in [2.75, 3.05) is 0 Å². The zero-order chi connectivity index (χ0) is 12.5. The van der Waals surface area contributed by atoms with Crippen LogP contribution in [0.15, 0.2) is 24.3 Å². The van der Waals surface area contributed by atoms with E-state index in [2.05, 4.69) is 13.0 Å². The lowest BCUT2D eigenvalue weighted by molar-refractivity contribution is 0.0922. The van der Waals surface area contributed by atoms with Gasteiger partial charge in [0, 0.05) is 11.5 Å². The number of carbonyl (C=O) groups is 1. The van der Waals surface area contributed by atoms with Crippen LogP contribution in [-0.2, 0) is 0 Å². The Morgan fingerprint density at radius 3 is 2.47 bits per heavy atom. The van der Waals surface area contributed by atoms with Crippen molar-refractivity contribution in [2.24, 2.45) is 5.92 Å². The highest BCUT2D eigenvalue weighted by Gasteiger charge is 2.13. The Morgan fingerprint density at radius 2 is 1.82 bits per heavy atom. The van der Waals surface area contributed by atoms with Crippen molar-refractivity contribution in [2.45, 2.75) is 52.4 Å². The fourth-order valence-corrected chi connectivity index (χ4v) is 2.02. The molecule has 0 spiro atoms. The summed E-state index contributed by atoms with van der Waals surface area (Å²) in [5.41, 5.74) is 0.824. The molecule has 0 saturated carbocycles. The van der Waals surface area contributed by atoms with E-state index in [9.17, 15) is 4.79 Å².